The number of carbonyl (C=O) groups excluding carboxylic acids is 3. The Morgan fingerprint density at radius 2 is 2.00 bits per heavy atom. The predicted molar refractivity (Wildman–Crippen MR) is 92.8 cm³/mol. The molecule has 2 rings (SSSR count). The molecule has 0 aromatic heterocycles. The van der Waals surface area contributed by atoms with E-state index in [1.165, 1.54) is 0 Å². The van der Waals surface area contributed by atoms with Crippen molar-refractivity contribution in [1.29, 1.82) is 0 Å². The molecule has 0 atom stereocenters. The molecule has 0 aliphatic carbocycles. The number of hydrogen-bond acceptors (Lipinski definition) is 5. The van der Waals surface area contributed by atoms with Gasteiger partial charge in [0.05, 0.1) is 11.5 Å². The number of thioether (sulfide) groups is 1. The molecule has 0 N–H and O–H groups in total. The smallest absolute Gasteiger partial charge is 0.326 e. The first-order valence-electron chi connectivity index (χ1n) is 6.84. The summed E-state index contributed by atoms with van der Waals surface area (Å²) >= 11 is 4.17. The van der Waals surface area contributed by atoms with Crippen molar-refractivity contribution < 1.29 is 19.1 Å². The second-order valence-electron chi connectivity index (χ2n) is 4.51. The third-order valence-electron chi connectivity index (χ3n) is 2.84. The molecule has 0 bridgehead atoms. The number of nitrogens with zero attached hydrogens (tertiary/aromatic N) is 1. The SMILES string of the molecule is CCOC(=O)CN1C(=O)S/C(=C\C(Br)=C\c2ccccc2)C1=O. The Labute approximate surface area is 146 Å². The summed E-state index contributed by atoms with van der Waals surface area (Å²) in [4.78, 5) is 36.7. The molecule has 7 heteroatoms. The van der Waals surface area contributed by atoms with Crippen LogP contribution in [0.1, 0.15) is 12.5 Å². The minimum Gasteiger partial charge on any atom is -0.465 e. The van der Waals surface area contributed by atoms with Crippen LogP contribution in [0.2, 0.25) is 0 Å². The molecule has 2 amide bonds. The number of allylic oxidation sites excluding steroid dienone is 2. The summed E-state index contributed by atoms with van der Waals surface area (Å²) in [7, 11) is 0. The molecule has 1 aliphatic heterocycles. The fourth-order valence-corrected chi connectivity index (χ4v) is 3.32. The van der Waals surface area contributed by atoms with Crippen molar-refractivity contribution >= 4 is 50.9 Å². The highest BCUT2D eigenvalue weighted by Crippen LogP contribution is 2.32. The molecule has 1 saturated heterocycles. The molecule has 0 spiro atoms. The highest BCUT2D eigenvalue weighted by molar-refractivity contribution is 9.12. The van der Waals surface area contributed by atoms with E-state index >= 15 is 0 Å². The number of carbonyl (C=O) groups is 3. The van der Waals surface area contributed by atoms with Crippen LogP contribution in [-0.4, -0.2) is 35.2 Å². The molecule has 1 fully saturated rings. The highest BCUT2D eigenvalue weighted by atomic mass is 79.9. The van der Waals surface area contributed by atoms with Crippen molar-refractivity contribution in [1.82, 2.24) is 4.90 Å². The first-order chi connectivity index (χ1) is 11.0. The molecule has 1 aromatic carbocycles. The van der Waals surface area contributed by atoms with Gasteiger partial charge in [-0.1, -0.05) is 46.3 Å². The topological polar surface area (TPSA) is 63.7 Å². The van der Waals surface area contributed by atoms with Crippen LogP contribution in [-0.2, 0) is 14.3 Å². The molecule has 23 heavy (non-hydrogen) atoms. The predicted octanol–water partition coefficient (Wildman–Crippen LogP) is 3.56. The second kappa shape index (κ2) is 8.12. The number of imide groups is 1. The number of halogens is 1. The molecule has 0 unspecified atom stereocenters. The summed E-state index contributed by atoms with van der Waals surface area (Å²) in [5.41, 5.74) is 0.960. The fourth-order valence-electron chi connectivity index (χ4n) is 1.85. The molecule has 0 radical (unpaired) electrons. The van der Waals surface area contributed by atoms with Crippen LogP contribution in [0.15, 0.2) is 45.8 Å². The third-order valence-corrected chi connectivity index (χ3v) is 4.20. The minimum atomic E-state index is -0.602. The monoisotopic (exact) mass is 395 g/mol. The lowest BCUT2D eigenvalue weighted by molar-refractivity contribution is -0.146. The van der Waals surface area contributed by atoms with Gasteiger partial charge in [0.15, 0.2) is 0 Å². The fraction of sp³-hybridized carbons (Fsp3) is 0.188. The Balaban J connectivity index is 2.12. The van der Waals surface area contributed by atoms with Gasteiger partial charge in [0.2, 0.25) is 0 Å². The van der Waals surface area contributed by atoms with Crippen LogP contribution in [0.25, 0.3) is 6.08 Å². The molecule has 1 heterocycles. The lowest BCUT2D eigenvalue weighted by Crippen LogP contribution is -2.34. The minimum absolute atomic E-state index is 0.205. The van der Waals surface area contributed by atoms with E-state index in [0.717, 1.165) is 22.2 Å². The van der Waals surface area contributed by atoms with Crippen molar-refractivity contribution in [2.45, 2.75) is 6.92 Å². The van der Waals surface area contributed by atoms with Crippen molar-refractivity contribution in [3.05, 3.63) is 51.4 Å². The summed E-state index contributed by atoms with van der Waals surface area (Å²) in [5.74, 6) is -1.10. The summed E-state index contributed by atoms with van der Waals surface area (Å²) in [5, 5.41) is -0.477. The molecular weight excluding hydrogens is 382 g/mol. The number of hydrogen-bond donors (Lipinski definition) is 0. The van der Waals surface area contributed by atoms with Gasteiger partial charge in [0.25, 0.3) is 11.1 Å². The van der Waals surface area contributed by atoms with Gasteiger partial charge >= 0.3 is 5.97 Å². The van der Waals surface area contributed by atoms with E-state index < -0.39 is 17.1 Å². The van der Waals surface area contributed by atoms with Gasteiger partial charge in [-0.2, -0.15) is 0 Å². The average molecular weight is 396 g/mol. The Morgan fingerprint density at radius 3 is 2.65 bits per heavy atom. The second-order valence-corrected chi connectivity index (χ2v) is 6.42. The summed E-state index contributed by atoms with van der Waals surface area (Å²) in [6.07, 6.45) is 3.41. The Hall–Kier alpha value is -1.86. The lowest BCUT2D eigenvalue weighted by atomic mass is 10.2. The quantitative estimate of drug-likeness (QED) is 0.563. The van der Waals surface area contributed by atoms with Gasteiger partial charge in [-0.15, -0.1) is 0 Å². The Kier molecular flexibility index (Phi) is 6.18. The summed E-state index contributed by atoms with van der Waals surface area (Å²) < 4.78 is 5.42. The molecule has 5 nitrogen and oxygen atoms in total. The zero-order valence-electron chi connectivity index (χ0n) is 12.3. The normalized spacial score (nSPS) is 17.0. The van der Waals surface area contributed by atoms with Crippen molar-refractivity contribution in [2.75, 3.05) is 13.2 Å². The van der Waals surface area contributed by atoms with Crippen LogP contribution in [0.5, 0.6) is 0 Å². The maximum absolute atomic E-state index is 12.2. The van der Waals surface area contributed by atoms with Gasteiger partial charge in [-0.3, -0.25) is 19.3 Å². The van der Waals surface area contributed by atoms with Gasteiger partial charge in [-0.05, 0) is 36.4 Å². The van der Waals surface area contributed by atoms with Crippen LogP contribution in [0.4, 0.5) is 4.79 Å². The number of amides is 2. The van der Waals surface area contributed by atoms with Gasteiger partial charge in [-0.25, -0.2) is 0 Å². The number of benzene rings is 1. The lowest BCUT2D eigenvalue weighted by Gasteiger charge is -2.10. The largest absolute Gasteiger partial charge is 0.465 e. The first-order valence-corrected chi connectivity index (χ1v) is 8.45. The van der Waals surface area contributed by atoms with E-state index in [1.54, 1.807) is 13.0 Å². The van der Waals surface area contributed by atoms with Crippen LogP contribution >= 0.6 is 27.7 Å². The maximum atomic E-state index is 12.2. The molecule has 1 aliphatic rings. The first kappa shape index (κ1) is 17.5. The van der Waals surface area contributed by atoms with E-state index in [1.807, 2.05) is 36.4 Å². The number of esters is 1. The standard InChI is InChI=1S/C16H14BrNO4S/c1-2-22-14(19)10-18-15(20)13(23-16(18)21)9-12(17)8-11-6-4-3-5-7-11/h3-9H,2,10H2,1H3/b12-8-,13-9-. The number of ether oxygens (including phenoxy) is 1. The van der Waals surface area contributed by atoms with Crippen LogP contribution < -0.4 is 0 Å². The molecule has 0 saturated carbocycles. The van der Waals surface area contributed by atoms with Crippen molar-refractivity contribution in [3.63, 3.8) is 0 Å². The van der Waals surface area contributed by atoms with E-state index in [-0.39, 0.29) is 18.1 Å². The van der Waals surface area contributed by atoms with Gasteiger partial charge in [0.1, 0.15) is 6.54 Å². The van der Waals surface area contributed by atoms with Gasteiger partial charge in [0, 0.05) is 4.48 Å². The third kappa shape index (κ3) is 4.80. The molecule has 120 valence electrons. The van der Waals surface area contributed by atoms with Gasteiger partial charge < -0.3 is 4.74 Å². The summed E-state index contributed by atoms with van der Waals surface area (Å²) in [6.45, 7) is 1.50. The maximum Gasteiger partial charge on any atom is 0.326 e. The van der Waals surface area contributed by atoms with Crippen molar-refractivity contribution in [3.8, 4) is 0 Å². The number of rotatable bonds is 5. The van der Waals surface area contributed by atoms with Crippen molar-refractivity contribution in [2.24, 2.45) is 0 Å². The van der Waals surface area contributed by atoms with E-state index in [9.17, 15) is 14.4 Å². The van der Waals surface area contributed by atoms with E-state index in [4.69, 9.17) is 4.74 Å². The zero-order valence-corrected chi connectivity index (χ0v) is 14.7. The average Bonchev–Trinajstić information content (AvgIpc) is 2.76. The highest BCUT2D eigenvalue weighted by Gasteiger charge is 2.36. The van der Waals surface area contributed by atoms with E-state index in [2.05, 4.69) is 15.9 Å². The van der Waals surface area contributed by atoms with E-state index in [0.29, 0.717) is 4.48 Å². The Morgan fingerprint density at radius 1 is 1.30 bits per heavy atom. The molecular formula is C16H14BrNO4S. The summed E-state index contributed by atoms with van der Waals surface area (Å²) in [6, 6.07) is 9.55. The zero-order chi connectivity index (χ0) is 16.8. The Bertz CT molecular complexity index is 685. The molecule has 1 aromatic rings. The van der Waals surface area contributed by atoms with Crippen LogP contribution in [0, 0.1) is 0 Å². The van der Waals surface area contributed by atoms with Crippen LogP contribution in [0.3, 0.4) is 0 Å².